The Bertz CT molecular complexity index is 1580. The van der Waals surface area contributed by atoms with Gasteiger partial charge in [-0.15, -0.1) is 0 Å². The van der Waals surface area contributed by atoms with Gasteiger partial charge in [-0.05, 0) is 132 Å². The SMILES string of the molecule is Oc1ccc2[nH]c3c(C4=CC5(O)CCC=CCCCCN6CCC4C4(CC7CCC(O)CCCN7C54)C6)nccc3c2c1. The molecule has 5 aliphatic rings. The van der Waals surface area contributed by atoms with E-state index in [9.17, 15) is 15.3 Å². The summed E-state index contributed by atoms with van der Waals surface area (Å²) in [5.74, 6) is 0.558. The third kappa shape index (κ3) is 4.57. The maximum Gasteiger partial charge on any atom is 0.116 e. The second-order valence-corrected chi connectivity index (χ2v) is 14.3. The van der Waals surface area contributed by atoms with E-state index in [1.54, 1.807) is 6.07 Å². The van der Waals surface area contributed by atoms with E-state index in [-0.39, 0.29) is 23.3 Å². The molecule has 4 N–H and O–H groups in total. The lowest BCUT2D eigenvalue weighted by Gasteiger charge is -2.58. The number of fused-ring (bicyclic) bond motifs is 5. The normalized spacial score (nSPS) is 37.1. The Kier molecular flexibility index (Phi) is 6.94. The number of benzene rings is 1. The number of aromatic hydroxyl groups is 1. The Balaban J connectivity index is 1.33. The molecule has 0 saturated carbocycles. The maximum atomic E-state index is 13.1. The predicted octanol–water partition coefficient (Wildman–Crippen LogP) is 5.76. The van der Waals surface area contributed by atoms with E-state index >= 15 is 0 Å². The van der Waals surface area contributed by atoms with Gasteiger partial charge in [0.2, 0.25) is 0 Å². The van der Waals surface area contributed by atoms with Gasteiger partial charge in [0.05, 0.1) is 22.9 Å². The Labute approximate surface area is 254 Å². The molecule has 6 heterocycles. The Morgan fingerprint density at radius 1 is 0.930 bits per heavy atom. The van der Waals surface area contributed by atoms with Crippen molar-refractivity contribution in [2.45, 2.75) is 94.4 Å². The second-order valence-electron chi connectivity index (χ2n) is 14.3. The molecule has 3 aromatic rings. The van der Waals surface area contributed by atoms with Crippen LogP contribution in [0.15, 0.2) is 48.7 Å². The van der Waals surface area contributed by atoms with Crippen LogP contribution in [0.1, 0.15) is 76.3 Å². The molecule has 1 aliphatic carbocycles. The molecule has 7 atom stereocenters. The van der Waals surface area contributed by atoms with Crippen molar-refractivity contribution in [2.24, 2.45) is 11.3 Å². The summed E-state index contributed by atoms with van der Waals surface area (Å²) < 4.78 is 0. The van der Waals surface area contributed by atoms with Crippen molar-refractivity contribution in [3.05, 3.63) is 54.4 Å². The molecule has 0 radical (unpaired) electrons. The number of aliphatic hydroxyl groups excluding tert-OH is 1. The smallest absolute Gasteiger partial charge is 0.116 e. The van der Waals surface area contributed by atoms with Crippen LogP contribution < -0.4 is 0 Å². The van der Waals surface area contributed by atoms with Crippen LogP contribution in [0.5, 0.6) is 5.75 Å². The third-order valence-corrected chi connectivity index (χ3v) is 11.7. The van der Waals surface area contributed by atoms with Crippen LogP contribution in [0, 0.1) is 11.3 Å². The highest BCUT2D eigenvalue weighted by molar-refractivity contribution is 6.10. The minimum atomic E-state index is -0.978. The number of allylic oxidation sites excluding steroid dienone is 3. The number of hydrogen-bond donors (Lipinski definition) is 4. The molecule has 3 saturated heterocycles. The van der Waals surface area contributed by atoms with E-state index in [0.717, 1.165) is 105 Å². The zero-order valence-electron chi connectivity index (χ0n) is 25.2. The first-order chi connectivity index (χ1) is 21.0. The van der Waals surface area contributed by atoms with Crippen LogP contribution in [0.25, 0.3) is 27.4 Å². The highest BCUT2D eigenvalue weighted by atomic mass is 16.3. The first-order valence-electron chi connectivity index (χ1n) is 16.8. The molecule has 43 heavy (non-hydrogen) atoms. The lowest BCUT2D eigenvalue weighted by atomic mass is 9.54. The molecule has 3 bridgehead atoms. The molecule has 3 fully saturated rings. The van der Waals surface area contributed by atoms with Gasteiger partial charge >= 0.3 is 0 Å². The van der Waals surface area contributed by atoms with Crippen molar-refractivity contribution in [1.82, 2.24) is 19.8 Å². The molecule has 228 valence electrons. The van der Waals surface area contributed by atoms with Gasteiger partial charge in [0, 0.05) is 46.5 Å². The number of nitrogens with zero attached hydrogens (tertiary/aromatic N) is 3. The minimum absolute atomic E-state index is 0.0600. The van der Waals surface area contributed by atoms with Gasteiger partial charge in [-0.2, -0.15) is 0 Å². The lowest BCUT2D eigenvalue weighted by molar-refractivity contribution is -0.0918. The van der Waals surface area contributed by atoms with Gasteiger partial charge < -0.3 is 25.2 Å². The fraction of sp³-hybridized carbons (Fsp3) is 0.583. The van der Waals surface area contributed by atoms with E-state index in [1.165, 1.54) is 18.4 Å². The molecule has 4 aliphatic heterocycles. The summed E-state index contributed by atoms with van der Waals surface area (Å²) in [6, 6.07) is 7.99. The fourth-order valence-corrected chi connectivity index (χ4v) is 10.0. The van der Waals surface area contributed by atoms with Crippen LogP contribution in [-0.2, 0) is 0 Å². The summed E-state index contributed by atoms with van der Waals surface area (Å²) in [5, 5.41) is 36.1. The van der Waals surface area contributed by atoms with Gasteiger partial charge in [-0.1, -0.05) is 12.2 Å². The number of hydrogen-bond acceptors (Lipinski definition) is 6. The molecular weight excluding hydrogens is 536 g/mol. The molecule has 0 amide bonds. The highest BCUT2D eigenvalue weighted by Crippen LogP contribution is 2.62. The quantitative estimate of drug-likeness (QED) is 0.273. The van der Waals surface area contributed by atoms with Crippen LogP contribution in [0.3, 0.4) is 0 Å². The predicted molar refractivity (Wildman–Crippen MR) is 171 cm³/mol. The number of phenolic OH excluding ortho intramolecular Hbond substituents is 1. The number of phenols is 1. The Morgan fingerprint density at radius 3 is 2.77 bits per heavy atom. The van der Waals surface area contributed by atoms with Gasteiger partial charge in [-0.3, -0.25) is 9.88 Å². The molecule has 8 rings (SSSR count). The van der Waals surface area contributed by atoms with Crippen molar-refractivity contribution >= 4 is 27.4 Å². The minimum Gasteiger partial charge on any atom is -0.508 e. The summed E-state index contributed by atoms with van der Waals surface area (Å²) in [6.45, 7) is 4.16. The van der Waals surface area contributed by atoms with Crippen molar-refractivity contribution in [3.8, 4) is 5.75 Å². The number of aromatic nitrogens is 2. The number of H-pyrrole nitrogens is 1. The van der Waals surface area contributed by atoms with E-state index in [4.69, 9.17) is 4.98 Å². The molecule has 2 aromatic heterocycles. The number of aromatic amines is 1. The lowest BCUT2D eigenvalue weighted by Crippen LogP contribution is -2.65. The summed E-state index contributed by atoms with van der Waals surface area (Å²) in [5.41, 5.74) is 3.09. The second kappa shape index (κ2) is 10.7. The van der Waals surface area contributed by atoms with Gasteiger partial charge in [0.25, 0.3) is 0 Å². The zero-order chi connectivity index (χ0) is 29.2. The molecule has 7 unspecified atom stereocenters. The van der Waals surface area contributed by atoms with Crippen LogP contribution in [0.4, 0.5) is 0 Å². The van der Waals surface area contributed by atoms with Crippen molar-refractivity contribution in [1.29, 1.82) is 0 Å². The molecular formula is C36H46N4O3. The van der Waals surface area contributed by atoms with Crippen molar-refractivity contribution < 1.29 is 15.3 Å². The molecule has 7 heteroatoms. The topological polar surface area (TPSA) is 95.8 Å². The first kappa shape index (κ1) is 27.8. The van der Waals surface area contributed by atoms with E-state index in [1.807, 2.05) is 24.4 Å². The van der Waals surface area contributed by atoms with Crippen LogP contribution >= 0.6 is 0 Å². The average Bonchev–Trinajstić information content (AvgIpc) is 3.51. The first-order valence-corrected chi connectivity index (χ1v) is 16.8. The molecule has 1 spiro atoms. The zero-order valence-corrected chi connectivity index (χ0v) is 25.2. The standard InChI is InChI=1S/C36H46N4O3/c41-25-8-7-18-40-24(9-10-25)21-35-23-39-17-6-4-2-1-3-5-15-36(43,34(35)40)22-29(30(35)14-19-39)32-33-27(13-16-37-32)28-20-26(42)11-12-31(28)38-33/h1,3,11-13,16,20,22,24-25,30,34,38,41-43H,2,4-10,14-15,17-19,21,23H2. The Morgan fingerprint density at radius 2 is 1.84 bits per heavy atom. The molecule has 7 nitrogen and oxygen atoms in total. The fourth-order valence-electron chi connectivity index (χ4n) is 10.0. The number of aliphatic hydroxyl groups is 2. The number of piperidine rings is 1. The summed E-state index contributed by atoms with van der Waals surface area (Å²) in [6.07, 6.45) is 19.5. The van der Waals surface area contributed by atoms with Crippen molar-refractivity contribution in [2.75, 3.05) is 26.2 Å². The van der Waals surface area contributed by atoms with Crippen LogP contribution in [-0.4, -0.2) is 85.1 Å². The van der Waals surface area contributed by atoms with Crippen LogP contribution in [0.2, 0.25) is 0 Å². The number of pyridine rings is 1. The van der Waals surface area contributed by atoms with E-state index in [0.29, 0.717) is 18.4 Å². The monoisotopic (exact) mass is 582 g/mol. The largest absolute Gasteiger partial charge is 0.508 e. The maximum absolute atomic E-state index is 13.1. The molecule has 1 aromatic carbocycles. The summed E-state index contributed by atoms with van der Waals surface area (Å²) in [7, 11) is 0. The number of rotatable bonds is 1. The van der Waals surface area contributed by atoms with Gasteiger partial charge in [0.15, 0.2) is 0 Å². The summed E-state index contributed by atoms with van der Waals surface area (Å²) in [4.78, 5) is 14.1. The Hall–Kier alpha value is -2.71. The number of nitrogens with one attached hydrogen (secondary N) is 1. The van der Waals surface area contributed by atoms with Gasteiger partial charge in [-0.25, -0.2) is 0 Å². The van der Waals surface area contributed by atoms with Crippen molar-refractivity contribution in [3.63, 3.8) is 0 Å². The highest BCUT2D eigenvalue weighted by Gasteiger charge is 2.66. The van der Waals surface area contributed by atoms with E-state index < -0.39 is 5.60 Å². The van der Waals surface area contributed by atoms with E-state index in [2.05, 4.69) is 33.0 Å². The third-order valence-electron chi connectivity index (χ3n) is 11.7. The summed E-state index contributed by atoms with van der Waals surface area (Å²) >= 11 is 0. The average molecular weight is 583 g/mol. The van der Waals surface area contributed by atoms with Gasteiger partial charge in [0.1, 0.15) is 5.75 Å².